The summed E-state index contributed by atoms with van der Waals surface area (Å²) in [4.78, 5) is 25.3. The molecular weight excluding hydrogens is 446 g/mol. The SMILES string of the molecule is NS(=O)(=O)c1ccc(NC(=S)NC(=O)c2ccc(N3CCOCC3)c([N+](=O)[O-])c2)cc1. The van der Waals surface area contributed by atoms with Crippen LogP contribution in [0.25, 0.3) is 0 Å². The number of thiocarbonyl (C=S) groups is 1. The Morgan fingerprint density at radius 2 is 1.81 bits per heavy atom. The number of primary sulfonamides is 1. The van der Waals surface area contributed by atoms with Crippen molar-refractivity contribution >= 4 is 50.3 Å². The van der Waals surface area contributed by atoms with Gasteiger partial charge in [-0.1, -0.05) is 0 Å². The van der Waals surface area contributed by atoms with Crippen LogP contribution in [0, 0.1) is 10.1 Å². The number of carbonyl (C=O) groups is 1. The van der Waals surface area contributed by atoms with Crippen molar-refractivity contribution in [2.24, 2.45) is 5.14 Å². The number of amides is 1. The first-order valence-electron chi connectivity index (χ1n) is 9.01. The average Bonchev–Trinajstić information content (AvgIpc) is 2.73. The Morgan fingerprint density at radius 3 is 2.39 bits per heavy atom. The minimum atomic E-state index is -3.82. The molecule has 0 radical (unpaired) electrons. The van der Waals surface area contributed by atoms with E-state index in [1.165, 1.54) is 42.5 Å². The molecule has 4 N–H and O–H groups in total. The molecule has 13 heteroatoms. The third-order valence-corrected chi connectivity index (χ3v) is 5.59. The number of nitro benzene ring substituents is 1. The summed E-state index contributed by atoms with van der Waals surface area (Å²) in [5, 5.41) is 21.7. The smallest absolute Gasteiger partial charge is 0.293 e. The lowest BCUT2D eigenvalue weighted by molar-refractivity contribution is -0.384. The topological polar surface area (TPSA) is 157 Å². The number of rotatable bonds is 5. The third-order valence-electron chi connectivity index (χ3n) is 4.45. The highest BCUT2D eigenvalue weighted by molar-refractivity contribution is 7.89. The fourth-order valence-corrected chi connectivity index (χ4v) is 3.67. The van der Waals surface area contributed by atoms with Crippen LogP contribution in [0.4, 0.5) is 17.1 Å². The van der Waals surface area contributed by atoms with Gasteiger partial charge in [0.1, 0.15) is 5.69 Å². The summed E-state index contributed by atoms with van der Waals surface area (Å²) in [6, 6.07) is 9.65. The lowest BCUT2D eigenvalue weighted by atomic mass is 10.1. The minimum Gasteiger partial charge on any atom is -0.378 e. The van der Waals surface area contributed by atoms with Gasteiger partial charge >= 0.3 is 0 Å². The number of ether oxygens (including phenoxy) is 1. The summed E-state index contributed by atoms with van der Waals surface area (Å²) < 4.78 is 27.8. The lowest BCUT2D eigenvalue weighted by Gasteiger charge is -2.28. The van der Waals surface area contributed by atoms with Crippen molar-refractivity contribution in [1.29, 1.82) is 0 Å². The highest BCUT2D eigenvalue weighted by Crippen LogP contribution is 2.30. The van der Waals surface area contributed by atoms with Gasteiger partial charge in [0.05, 0.1) is 23.0 Å². The zero-order valence-corrected chi connectivity index (χ0v) is 17.7. The third kappa shape index (κ3) is 5.73. The molecule has 0 aromatic heterocycles. The Kier molecular flexibility index (Phi) is 6.80. The van der Waals surface area contributed by atoms with Crippen molar-refractivity contribution < 1.29 is 22.9 Å². The molecule has 1 aliphatic heterocycles. The Balaban J connectivity index is 1.70. The van der Waals surface area contributed by atoms with Crippen molar-refractivity contribution in [3.63, 3.8) is 0 Å². The van der Waals surface area contributed by atoms with E-state index >= 15 is 0 Å². The van der Waals surface area contributed by atoms with Crippen LogP contribution >= 0.6 is 12.2 Å². The number of carbonyl (C=O) groups excluding carboxylic acids is 1. The highest BCUT2D eigenvalue weighted by atomic mass is 32.2. The monoisotopic (exact) mass is 465 g/mol. The first kappa shape index (κ1) is 22.6. The quantitative estimate of drug-likeness (QED) is 0.335. The van der Waals surface area contributed by atoms with Gasteiger partial charge in [-0.15, -0.1) is 0 Å². The van der Waals surface area contributed by atoms with E-state index in [0.29, 0.717) is 37.7 Å². The summed E-state index contributed by atoms with van der Waals surface area (Å²) in [6.07, 6.45) is 0. The second-order valence-electron chi connectivity index (χ2n) is 6.54. The first-order valence-corrected chi connectivity index (χ1v) is 11.0. The maximum Gasteiger partial charge on any atom is 0.293 e. The highest BCUT2D eigenvalue weighted by Gasteiger charge is 2.23. The summed E-state index contributed by atoms with van der Waals surface area (Å²) in [7, 11) is -3.82. The molecule has 0 aliphatic carbocycles. The largest absolute Gasteiger partial charge is 0.378 e. The number of nitrogens with two attached hydrogens (primary N) is 1. The van der Waals surface area contributed by atoms with E-state index in [1.54, 1.807) is 0 Å². The van der Waals surface area contributed by atoms with Crippen molar-refractivity contribution in [3.8, 4) is 0 Å². The number of nitrogens with zero attached hydrogens (tertiary/aromatic N) is 2. The van der Waals surface area contributed by atoms with Gasteiger partial charge in [-0.3, -0.25) is 20.2 Å². The molecule has 3 rings (SSSR count). The van der Waals surface area contributed by atoms with Crippen molar-refractivity contribution in [2.75, 3.05) is 36.5 Å². The number of benzene rings is 2. The Hall–Kier alpha value is -3.13. The summed E-state index contributed by atoms with van der Waals surface area (Å²) >= 11 is 5.09. The fourth-order valence-electron chi connectivity index (χ4n) is 2.95. The molecule has 31 heavy (non-hydrogen) atoms. The van der Waals surface area contributed by atoms with Gasteiger partial charge in [-0.25, -0.2) is 13.6 Å². The van der Waals surface area contributed by atoms with Crippen LogP contribution in [-0.4, -0.2) is 50.7 Å². The van der Waals surface area contributed by atoms with Gasteiger partial charge in [0.15, 0.2) is 5.11 Å². The minimum absolute atomic E-state index is 0.0618. The number of hydrogen-bond acceptors (Lipinski definition) is 8. The number of nitrogens with one attached hydrogen (secondary N) is 2. The lowest BCUT2D eigenvalue weighted by Crippen LogP contribution is -2.37. The molecule has 2 aromatic carbocycles. The van der Waals surface area contributed by atoms with E-state index in [2.05, 4.69) is 10.6 Å². The zero-order chi connectivity index (χ0) is 22.6. The first-order chi connectivity index (χ1) is 14.6. The molecule has 1 heterocycles. The number of morpholine rings is 1. The number of nitro groups is 1. The van der Waals surface area contributed by atoms with Crippen LogP contribution < -0.4 is 20.7 Å². The van der Waals surface area contributed by atoms with Gasteiger partial charge in [-0.2, -0.15) is 0 Å². The van der Waals surface area contributed by atoms with E-state index in [1.807, 2.05) is 4.90 Å². The van der Waals surface area contributed by atoms with Crippen LogP contribution in [0.5, 0.6) is 0 Å². The second kappa shape index (κ2) is 9.34. The summed E-state index contributed by atoms with van der Waals surface area (Å²) in [5.74, 6) is -0.629. The molecule has 11 nitrogen and oxygen atoms in total. The molecule has 0 saturated carbocycles. The van der Waals surface area contributed by atoms with Crippen molar-refractivity contribution in [1.82, 2.24) is 5.32 Å². The maximum atomic E-state index is 12.5. The predicted molar refractivity (Wildman–Crippen MR) is 118 cm³/mol. The van der Waals surface area contributed by atoms with Crippen LogP contribution in [0.1, 0.15) is 10.4 Å². The van der Waals surface area contributed by atoms with Crippen LogP contribution in [0.2, 0.25) is 0 Å². The zero-order valence-electron chi connectivity index (χ0n) is 16.1. The average molecular weight is 466 g/mol. The summed E-state index contributed by atoms with van der Waals surface area (Å²) in [5.41, 5.74) is 0.719. The molecule has 0 bridgehead atoms. The number of hydrogen-bond donors (Lipinski definition) is 3. The Morgan fingerprint density at radius 1 is 1.16 bits per heavy atom. The molecular formula is C18H19N5O6S2. The second-order valence-corrected chi connectivity index (χ2v) is 8.51. The van der Waals surface area contributed by atoms with Crippen LogP contribution in [0.15, 0.2) is 47.4 Å². The Bertz CT molecular complexity index is 1110. The van der Waals surface area contributed by atoms with Crippen LogP contribution in [-0.2, 0) is 14.8 Å². The van der Waals surface area contributed by atoms with E-state index in [4.69, 9.17) is 22.1 Å². The molecule has 1 saturated heterocycles. The molecule has 1 fully saturated rings. The molecule has 164 valence electrons. The van der Waals surface area contributed by atoms with E-state index < -0.39 is 20.9 Å². The van der Waals surface area contributed by atoms with E-state index in [9.17, 15) is 23.3 Å². The predicted octanol–water partition coefficient (Wildman–Crippen LogP) is 1.21. The van der Waals surface area contributed by atoms with E-state index in [0.717, 1.165) is 0 Å². The van der Waals surface area contributed by atoms with Crippen molar-refractivity contribution in [3.05, 3.63) is 58.1 Å². The van der Waals surface area contributed by atoms with E-state index in [-0.39, 0.29) is 21.3 Å². The molecule has 0 spiro atoms. The molecule has 0 unspecified atom stereocenters. The Labute approximate surface area is 183 Å². The van der Waals surface area contributed by atoms with Gasteiger partial charge in [0, 0.05) is 30.4 Å². The molecule has 1 amide bonds. The van der Waals surface area contributed by atoms with Gasteiger partial charge in [0.25, 0.3) is 11.6 Å². The van der Waals surface area contributed by atoms with Crippen molar-refractivity contribution in [2.45, 2.75) is 4.90 Å². The molecule has 2 aromatic rings. The standard InChI is InChI=1S/C18H19N5O6S2/c19-31(27,28)14-4-2-13(3-5-14)20-18(30)21-17(24)12-1-6-15(16(11-12)23(25)26)22-7-9-29-10-8-22/h1-6,11H,7-10H2,(H2,19,27,28)(H2,20,21,24,30). The molecule has 1 aliphatic rings. The fraction of sp³-hybridized carbons (Fsp3) is 0.222. The van der Waals surface area contributed by atoms with Crippen LogP contribution in [0.3, 0.4) is 0 Å². The van der Waals surface area contributed by atoms with Gasteiger partial charge in [0.2, 0.25) is 10.0 Å². The van der Waals surface area contributed by atoms with Gasteiger partial charge in [-0.05, 0) is 48.6 Å². The maximum absolute atomic E-state index is 12.5. The summed E-state index contributed by atoms with van der Waals surface area (Å²) in [6.45, 7) is 1.98. The normalized spacial score (nSPS) is 14.0. The number of anilines is 2. The van der Waals surface area contributed by atoms with Gasteiger partial charge < -0.3 is 15.0 Å². The molecule has 0 atom stereocenters. The number of sulfonamides is 1.